The molecule has 0 atom stereocenters. The number of carbonyl (C=O) groups excluding carboxylic acids is 1. The third kappa shape index (κ3) is 2.92. The Morgan fingerprint density at radius 2 is 1.74 bits per heavy atom. The second-order valence-electron chi connectivity index (χ2n) is 5.85. The maximum Gasteiger partial charge on any atom is 0.232 e. The van der Waals surface area contributed by atoms with Gasteiger partial charge in [0.25, 0.3) is 0 Å². The number of nitrogens with one attached hydrogen (secondary N) is 1. The second kappa shape index (κ2) is 4.89. The summed E-state index contributed by atoms with van der Waals surface area (Å²) in [5.41, 5.74) is 3.96. The molecule has 1 amide bonds. The van der Waals surface area contributed by atoms with E-state index >= 15 is 0 Å². The Morgan fingerprint density at radius 1 is 1.21 bits per heavy atom. The molecule has 106 valence electrons. The minimum Gasteiger partial charge on any atom is -0.325 e. The lowest BCUT2D eigenvalue weighted by Gasteiger charge is -2.36. The van der Waals surface area contributed by atoms with Gasteiger partial charge < -0.3 is 11.1 Å². The predicted molar refractivity (Wildman–Crippen MR) is 71.8 cm³/mol. The standard InChI is InChI=1S/C14H20F2N2O/c1-8-6-7-9(15)11(10(8)16)18-12(19)13(2,3)14(4,5)17/h6-7H,17H2,1-5H3,(H,18,19). The van der Waals surface area contributed by atoms with E-state index in [2.05, 4.69) is 5.32 Å². The SMILES string of the molecule is Cc1ccc(F)c(NC(=O)C(C)(C)C(C)(C)N)c1F. The molecule has 0 saturated carbocycles. The molecule has 0 aromatic heterocycles. The number of halogens is 2. The van der Waals surface area contributed by atoms with Crippen molar-refractivity contribution in [1.29, 1.82) is 0 Å². The molecule has 5 heteroatoms. The molecule has 1 rings (SSSR count). The molecule has 0 bridgehead atoms. The molecule has 0 heterocycles. The lowest BCUT2D eigenvalue weighted by molar-refractivity contribution is -0.126. The van der Waals surface area contributed by atoms with Crippen molar-refractivity contribution in [2.24, 2.45) is 11.1 Å². The zero-order valence-electron chi connectivity index (χ0n) is 11.9. The average Bonchev–Trinajstić information content (AvgIpc) is 2.27. The number of aryl methyl sites for hydroxylation is 1. The van der Waals surface area contributed by atoms with Crippen LogP contribution >= 0.6 is 0 Å². The summed E-state index contributed by atoms with van der Waals surface area (Å²) >= 11 is 0. The van der Waals surface area contributed by atoms with Crippen LogP contribution in [0.3, 0.4) is 0 Å². The summed E-state index contributed by atoms with van der Waals surface area (Å²) in [6.07, 6.45) is 0. The number of rotatable bonds is 3. The van der Waals surface area contributed by atoms with E-state index in [4.69, 9.17) is 5.73 Å². The van der Waals surface area contributed by atoms with Crippen molar-refractivity contribution < 1.29 is 13.6 Å². The zero-order chi connectivity index (χ0) is 15.0. The van der Waals surface area contributed by atoms with Crippen molar-refractivity contribution in [3.63, 3.8) is 0 Å². The van der Waals surface area contributed by atoms with E-state index < -0.39 is 34.2 Å². The van der Waals surface area contributed by atoms with Gasteiger partial charge in [0.2, 0.25) is 5.91 Å². The van der Waals surface area contributed by atoms with Crippen LogP contribution in [-0.4, -0.2) is 11.4 Å². The minimum absolute atomic E-state index is 0.265. The van der Waals surface area contributed by atoms with Crippen molar-refractivity contribution in [1.82, 2.24) is 0 Å². The third-order valence-corrected chi connectivity index (χ3v) is 3.70. The van der Waals surface area contributed by atoms with Gasteiger partial charge >= 0.3 is 0 Å². The van der Waals surface area contributed by atoms with E-state index in [0.717, 1.165) is 6.07 Å². The van der Waals surface area contributed by atoms with Crippen LogP contribution in [0.4, 0.5) is 14.5 Å². The summed E-state index contributed by atoms with van der Waals surface area (Å²) in [7, 11) is 0. The molecule has 0 saturated heterocycles. The van der Waals surface area contributed by atoms with Crippen LogP contribution in [-0.2, 0) is 4.79 Å². The normalized spacial score (nSPS) is 12.4. The first kappa shape index (κ1) is 15.6. The Morgan fingerprint density at radius 3 is 2.21 bits per heavy atom. The zero-order valence-corrected chi connectivity index (χ0v) is 11.9. The van der Waals surface area contributed by atoms with E-state index in [1.165, 1.54) is 13.0 Å². The molecule has 0 spiro atoms. The maximum atomic E-state index is 13.8. The van der Waals surface area contributed by atoms with Gasteiger partial charge in [-0.15, -0.1) is 0 Å². The molecule has 0 aliphatic rings. The van der Waals surface area contributed by atoms with Crippen molar-refractivity contribution in [2.45, 2.75) is 40.2 Å². The molecule has 3 nitrogen and oxygen atoms in total. The Balaban J connectivity index is 3.12. The Labute approximate surface area is 112 Å². The van der Waals surface area contributed by atoms with Crippen LogP contribution in [0, 0.1) is 24.0 Å². The van der Waals surface area contributed by atoms with Crippen molar-refractivity contribution >= 4 is 11.6 Å². The van der Waals surface area contributed by atoms with Crippen molar-refractivity contribution in [3.8, 4) is 0 Å². The maximum absolute atomic E-state index is 13.8. The van der Waals surface area contributed by atoms with Crippen LogP contribution in [0.2, 0.25) is 0 Å². The highest BCUT2D eigenvalue weighted by Crippen LogP contribution is 2.31. The van der Waals surface area contributed by atoms with Crippen LogP contribution < -0.4 is 11.1 Å². The molecular weight excluding hydrogens is 250 g/mol. The van der Waals surface area contributed by atoms with Crippen molar-refractivity contribution in [3.05, 3.63) is 29.3 Å². The quantitative estimate of drug-likeness (QED) is 0.887. The van der Waals surface area contributed by atoms with E-state index in [0.29, 0.717) is 0 Å². The van der Waals surface area contributed by atoms with Crippen molar-refractivity contribution in [2.75, 3.05) is 5.32 Å². The molecule has 0 radical (unpaired) electrons. The Bertz CT molecular complexity index is 505. The molecule has 19 heavy (non-hydrogen) atoms. The highest BCUT2D eigenvalue weighted by molar-refractivity contribution is 5.96. The number of carbonyl (C=O) groups is 1. The van der Waals surface area contributed by atoms with Gasteiger partial charge in [-0.05, 0) is 46.2 Å². The van der Waals surface area contributed by atoms with Gasteiger partial charge in [0, 0.05) is 5.54 Å². The summed E-state index contributed by atoms with van der Waals surface area (Å²) in [6.45, 7) is 8.15. The Kier molecular flexibility index (Phi) is 4.00. The monoisotopic (exact) mass is 270 g/mol. The molecule has 0 aliphatic carbocycles. The van der Waals surface area contributed by atoms with Crippen LogP contribution in [0.5, 0.6) is 0 Å². The van der Waals surface area contributed by atoms with Crippen LogP contribution in [0.15, 0.2) is 12.1 Å². The lowest BCUT2D eigenvalue weighted by atomic mass is 9.74. The molecule has 1 aromatic rings. The summed E-state index contributed by atoms with van der Waals surface area (Å²) in [5, 5.41) is 2.30. The van der Waals surface area contributed by atoms with Crippen LogP contribution in [0.1, 0.15) is 33.3 Å². The van der Waals surface area contributed by atoms with Gasteiger partial charge in [0.15, 0.2) is 5.82 Å². The number of amides is 1. The average molecular weight is 270 g/mol. The van der Waals surface area contributed by atoms with Gasteiger partial charge in [-0.3, -0.25) is 4.79 Å². The summed E-state index contributed by atoms with van der Waals surface area (Å²) < 4.78 is 27.4. The number of benzene rings is 1. The topological polar surface area (TPSA) is 55.1 Å². The lowest BCUT2D eigenvalue weighted by Crippen LogP contribution is -2.53. The fraction of sp³-hybridized carbons (Fsp3) is 0.500. The van der Waals surface area contributed by atoms with Gasteiger partial charge in [-0.25, -0.2) is 8.78 Å². The molecule has 1 aromatic carbocycles. The molecule has 0 aliphatic heterocycles. The molecule has 0 unspecified atom stereocenters. The first-order chi connectivity index (χ1) is 8.48. The van der Waals surface area contributed by atoms with E-state index in [1.54, 1.807) is 27.7 Å². The smallest absolute Gasteiger partial charge is 0.232 e. The first-order valence-electron chi connectivity index (χ1n) is 6.03. The van der Waals surface area contributed by atoms with Gasteiger partial charge in [0.1, 0.15) is 11.5 Å². The number of hydrogen-bond acceptors (Lipinski definition) is 2. The third-order valence-electron chi connectivity index (χ3n) is 3.70. The van der Waals surface area contributed by atoms with Gasteiger partial charge in [0.05, 0.1) is 5.41 Å². The molecular formula is C14H20F2N2O. The summed E-state index contributed by atoms with van der Waals surface area (Å²) in [5.74, 6) is -2.09. The highest BCUT2D eigenvalue weighted by atomic mass is 19.1. The van der Waals surface area contributed by atoms with Gasteiger partial charge in [-0.1, -0.05) is 6.07 Å². The van der Waals surface area contributed by atoms with E-state index in [-0.39, 0.29) is 5.56 Å². The first-order valence-corrected chi connectivity index (χ1v) is 6.03. The largest absolute Gasteiger partial charge is 0.325 e. The summed E-state index contributed by atoms with van der Waals surface area (Å²) in [6, 6.07) is 2.44. The van der Waals surface area contributed by atoms with Gasteiger partial charge in [-0.2, -0.15) is 0 Å². The number of hydrogen-bond donors (Lipinski definition) is 2. The van der Waals surface area contributed by atoms with Crippen LogP contribution in [0.25, 0.3) is 0 Å². The second-order valence-corrected chi connectivity index (χ2v) is 5.85. The minimum atomic E-state index is -0.977. The molecule has 0 fully saturated rings. The van der Waals surface area contributed by atoms with E-state index in [1.807, 2.05) is 0 Å². The van der Waals surface area contributed by atoms with E-state index in [9.17, 15) is 13.6 Å². The number of nitrogens with two attached hydrogens (primary N) is 1. The summed E-state index contributed by atoms with van der Waals surface area (Å²) in [4.78, 5) is 12.2. The highest BCUT2D eigenvalue weighted by Gasteiger charge is 2.40. The molecule has 3 N–H and O–H groups in total. The Hall–Kier alpha value is -1.49. The fourth-order valence-corrected chi connectivity index (χ4v) is 1.33. The predicted octanol–water partition coefficient (Wildman–Crippen LogP) is 2.98. The number of anilines is 1. The fourth-order valence-electron chi connectivity index (χ4n) is 1.33.